The van der Waals surface area contributed by atoms with Crippen LogP contribution in [0.15, 0.2) is 36.4 Å². The number of benzene rings is 2. The molecule has 0 fully saturated rings. The molecule has 0 aromatic heterocycles. The lowest BCUT2D eigenvalue weighted by Crippen LogP contribution is -2.14. The van der Waals surface area contributed by atoms with Gasteiger partial charge in [-0.2, -0.15) is 0 Å². The lowest BCUT2D eigenvalue weighted by molar-refractivity contribution is 0.102. The molecule has 0 spiro atoms. The number of carbonyl (C=O) groups excluding carboxylic acids is 1. The molecule has 0 aliphatic rings. The highest BCUT2D eigenvalue weighted by Gasteiger charge is 2.12. The number of carbonyl (C=O) groups is 1. The van der Waals surface area contributed by atoms with E-state index in [2.05, 4.69) is 10.6 Å². The first kappa shape index (κ1) is 14.1. The molecule has 0 atom stereocenters. The highest BCUT2D eigenvalue weighted by atomic mass is 19.1. The molecule has 20 heavy (non-hydrogen) atoms. The third-order valence-corrected chi connectivity index (χ3v) is 3.28. The molecule has 2 aromatic carbocycles. The summed E-state index contributed by atoms with van der Waals surface area (Å²) in [6.45, 7) is 3.51. The summed E-state index contributed by atoms with van der Waals surface area (Å²) in [4.78, 5) is 12.2. The van der Waals surface area contributed by atoms with Crippen molar-refractivity contribution in [2.45, 2.75) is 13.8 Å². The fourth-order valence-electron chi connectivity index (χ4n) is 2.01. The highest BCUT2D eigenvalue weighted by molar-refractivity contribution is 6.05. The van der Waals surface area contributed by atoms with Gasteiger partial charge in [-0.1, -0.05) is 6.07 Å². The van der Waals surface area contributed by atoms with Crippen LogP contribution in [0.1, 0.15) is 21.5 Å². The Hall–Kier alpha value is -2.36. The van der Waals surface area contributed by atoms with Crippen molar-refractivity contribution in [1.29, 1.82) is 0 Å². The molecule has 3 nitrogen and oxygen atoms in total. The van der Waals surface area contributed by atoms with E-state index in [-0.39, 0.29) is 11.7 Å². The fraction of sp³-hybridized carbons (Fsp3) is 0.188. The summed E-state index contributed by atoms with van der Waals surface area (Å²) in [7, 11) is 1.82. The van der Waals surface area contributed by atoms with Crippen LogP contribution >= 0.6 is 0 Å². The minimum absolute atomic E-state index is 0.237. The lowest BCUT2D eigenvalue weighted by atomic mass is 10.1. The van der Waals surface area contributed by atoms with Crippen molar-refractivity contribution in [1.82, 2.24) is 0 Å². The molecule has 0 heterocycles. The van der Waals surface area contributed by atoms with Gasteiger partial charge in [0, 0.05) is 29.5 Å². The van der Waals surface area contributed by atoms with Crippen LogP contribution in [0.4, 0.5) is 15.8 Å². The number of anilines is 2. The first-order valence-electron chi connectivity index (χ1n) is 6.38. The smallest absolute Gasteiger partial charge is 0.255 e. The SMILES string of the molecule is CNc1ccc(C(=O)Nc2cccc(F)c2C)c(C)c1. The zero-order chi connectivity index (χ0) is 14.7. The maximum Gasteiger partial charge on any atom is 0.255 e. The number of hydrogen-bond acceptors (Lipinski definition) is 2. The number of hydrogen-bond donors (Lipinski definition) is 2. The molecule has 2 aromatic rings. The van der Waals surface area contributed by atoms with Gasteiger partial charge in [-0.3, -0.25) is 4.79 Å². The molecule has 2 rings (SSSR count). The minimum atomic E-state index is -0.329. The van der Waals surface area contributed by atoms with E-state index in [1.165, 1.54) is 6.07 Å². The molecule has 104 valence electrons. The van der Waals surface area contributed by atoms with Crippen molar-refractivity contribution in [3.8, 4) is 0 Å². The first-order chi connectivity index (χ1) is 9.52. The third kappa shape index (κ3) is 2.79. The summed E-state index contributed by atoms with van der Waals surface area (Å²) < 4.78 is 13.5. The van der Waals surface area contributed by atoms with Gasteiger partial charge in [0.05, 0.1) is 0 Å². The van der Waals surface area contributed by atoms with E-state index in [1.807, 2.05) is 26.1 Å². The van der Waals surface area contributed by atoms with E-state index in [1.54, 1.807) is 25.1 Å². The van der Waals surface area contributed by atoms with Gasteiger partial charge >= 0.3 is 0 Å². The monoisotopic (exact) mass is 272 g/mol. The quantitative estimate of drug-likeness (QED) is 0.893. The van der Waals surface area contributed by atoms with Crippen molar-refractivity contribution < 1.29 is 9.18 Å². The van der Waals surface area contributed by atoms with Crippen molar-refractivity contribution in [3.05, 3.63) is 58.9 Å². The second-order valence-electron chi connectivity index (χ2n) is 4.65. The Morgan fingerprint density at radius 1 is 1.15 bits per heavy atom. The molecular formula is C16H17FN2O. The van der Waals surface area contributed by atoms with Crippen LogP contribution in [0.2, 0.25) is 0 Å². The Morgan fingerprint density at radius 2 is 1.90 bits per heavy atom. The van der Waals surface area contributed by atoms with Gasteiger partial charge < -0.3 is 10.6 Å². The average molecular weight is 272 g/mol. The van der Waals surface area contributed by atoms with E-state index >= 15 is 0 Å². The van der Waals surface area contributed by atoms with Crippen LogP contribution in [-0.4, -0.2) is 13.0 Å². The lowest BCUT2D eigenvalue weighted by Gasteiger charge is -2.11. The summed E-state index contributed by atoms with van der Waals surface area (Å²) in [5.41, 5.74) is 3.31. The Kier molecular flexibility index (Phi) is 4.03. The molecule has 0 unspecified atom stereocenters. The number of halogens is 1. The van der Waals surface area contributed by atoms with Crippen molar-refractivity contribution in [2.75, 3.05) is 17.7 Å². The molecule has 2 N–H and O–H groups in total. The Labute approximate surface area is 117 Å². The zero-order valence-electron chi connectivity index (χ0n) is 11.8. The molecule has 0 aliphatic heterocycles. The Morgan fingerprint density at radius 3 is 2.55 bits per heavy atom. The summed E-state index contributed by atoms with van der Waals surface area (Å²) in [6, 6.07) is 10.1. The molecule has 0 aliphatic carbocycles. The van der Waals surface area contributed by atoms with Crippen LogP contribution in [0.3, 0.4) is 0 Å². The molecule has 0 saturated heterocycles. The average Bonchev–Trinajstić information content (AvgIpc) is 2.43. The minimum Gasteiger partial charge on any atom is -0.388 e. The van der Waals surface area contributed by atoms with Gasteiger partial charge in [0.1, 0.15) is 5.82 Å². The normalized spacial score (nSPS) is 10.2. The van der Waals surface area contributed by atoms with Crippen molar-refractivity contribution in [2.24, 2.45) is 0 Å². The van der Waals surface area contributed by atoms with E-state index in [4.69, 9.17) is 0 Å². The van der Waals surface area contributed by atoms with Crippen LogP contribution in [-0.2, 0) is 0 Å². The number of amides is 1. The van der Waals surface area contributed by atoms with E-state index < -0.39 is 0 Å². The van der Waals surface area contributed by atoms with Crippen LogP contribution < -0.4 is 10.6 Å². The molecule has 4 heteroatoms. The summed E-state index contributed by atoms with van der Waals surface area (Å²) >= 11 is 0. The van der Waals surface area contributed by atoms with Gasteiger partial charge in [0.15, 0.2) is 0 Å². The van der Waals surface area contributed by atoms with Crippen molar-refractivity contribution >= 4 is 17.3 Å². The van der Waals surface area contributed by atoms with E-state index in [0.717, 1.165) is 11.3 Å². The number of nitrogens with one attached hydrogen (secondary N) is 2. The molecule has 1 amide bonds. The van der Waals surface area contributed by atoms with Crippen molar-refractivity contribution in [3.63, 3.8) is 0 Å². The molecule has 0 saturated carbocycles. The predicted molar refractivity (Wildman–Crippen MR) is 79.8 cm³/mol. The van der Waals surface area contributed by atoms with Crippen LogP contribution in [0, 0.1) is 19.7 Å². The second kappa shape index (κ2) is 5.74. The van der Waals surface area contributed by atoms with E-state index in [9.17, 15) is 9.18 Å². The Balaban J connectivity index is 2.26. The summed E-state index contributed by atoms with van der Waals surface area (Å²) in [5.74, 6) is -0.566. The predicted octanol–water partition coefficient (Wildman–Crippen LogP) is 3.74. The summed E-state index contributed by atoms with van der Waals surface area (Å²) in [5, 5.41) is 5.77. The molecular weight excluding hydrogens is 255 g/mol. The topological polar surface area (TPSA) is 41.1 Å². The zero-order valence-corrected chi connectivity index (χ0v) is 11.8. The molecule has 0 bridgehead atoms. The number of aryl methyl sites for hydroxylation is 1. The van der Waals surface area contributed by atoms with Gasteiger partial charge in [-0.15, -0.1) is 0 Å². The molecule has 0 radical (unpaired) electrons. The van der Waals surface area contributed by atoms with E-state index in [0.29, 0.717) is 16.8 Å². The van der Waals surface area contributed by atoms with Crippen LogP contribution in [0.5, 0.6) is 0 Å². The Bertz CT molecular complexity index is 653. The first-order valence-corrected chi connectivity index (χ1v) is 6.38. The highest BCUT2D eigenvalue weighted by Crippen LogP contribution is 2.20. The second-order valence-corrected chi connectivity index (χ2v) is 4.65. The van der Waals surface area contributed by atoms with Gasteiger partial charge in [0.25, 0.3) is 5.91 Å². The number of rotatable bonds is 3. The van der Waals surface area contributed by atoms with Gasteiger partial charge in [0.2, 0.25) is 0 Å². The van der Waals surface area contributed by atoms with Gasteiger partial charge in [-0.25, -0.2) is 4.39 Å². The maximum atomic E-state index is 13.5. The standard InChI is InChI=1S/C16H17FN2O/c1-10-9-12(18-3)7-8-13(10)16(20)19-15-6-4-5-14(17)11(15)2/h4-9,18H,1-3H3,(H,19,20). The fourth-order valence-corrected chi connectivity index (χ4v) is 2.01. The summed E-state index contributed by atoms with van der Waals surface area (Å²) in [6.07, 6.45) is 0. The maximum absolute atomic E-state index is 13.5. The van der Waals surface area contributed by atoms with Gasteiger partial charge in [-0.05, 0) is 49.7 Å². The largest absolute Gasteiger partial charge is 0.388 e. The third-order valence-electron chi connectivity index (χ3n) is 3.28. The van der Waals surface area contributed by atoms with Crippen LogP contribution in [0.25, 0.3) is 0 Å².